The maximum atomic E-state index is 13.2. The van der Waals surface area contributed by atoms with Crippen molar-refractivity contribution in [3.63, 3.8) is 0 Å². The minimum Gasteiger partial charge on any atom is -0.361 e. The zero-order chi connectivity index (χ0) is 22.1. The van der Waals surface area contributed by atoms with Crippen molar-refractivity contribution in [2.75, 3.05) is 6.54 Å². The highest BCUT2D eigenvalue weighted by molar-refractivity contribution is 5.90. The Labute approximate surface area is 185 Å². The summed E-state index contributed by atoms with van der Waals surface area (Å²) in [7, 11) is 1.83. The monoisotopic (exact) mass is 428 g/mol. The number of nitrogens with one attached hydrogen (secondary N) is 2. The van der Waals surface area contributed by atoms with Crippen LogP contribution in [0.1, 0.15) is 28.4 Å². The summed E-state index contributed by atoms with van der Waals surface area (Å²) < 4.78 is 1.71. The van der Waals surface area contributed by atoms with Gasteiger partial charge in [0.25, 0.3) is 0 Å². The van der Waals surface area contributed by atoms with Crippen molar-refractivity contribution in [3.05, 3.63) is 83.6 Å². The highest BCUT2D eigenvalue weighted by Crippen LogP contribution is 2.28. The van der Waals surface area contributed by atoms with E-state index < -0.39 is 5.92 Å². The zero-order valence-corrected chi connectivity index (χ0v) is 17.8. The predicted molar refractivity (Wildman–Crippen MR) is 119 cm³/mol. The van der Waals surface area contributed by atoms with Crippen LogP contribution in [-0.4, -0.2) is 43.0 Å². The number of para-hydroxylation sites is 1. The molecule has 0 radical (unpaired) electrons. The molecule has 0 aliphatic carbocycles. The number of nitrogens with zero attached hydrogens (tertiary/aromatic N) is 4. The third kappa shape index (κ3) is 3.87. The van der Waals surface area contributed by atoms with Crippen LogP contribution < -0.4 is 5.32 Å². The molecule has 0 spiro atoms. The van der Waals surface area contributed by atoms with Crippen LogP contribution in [0.3, 0.4) is 0 Å². The highest BCUT2D eigenvalue weighted by Gasteiger charge is 2.35. The molecule has 0 fully saturated rings. The number of carbonyl (C=O) groups excluding carboxylic acids is 2. The van der Waals surface area contributed by atoms with Crippen molar-refractivity contribution in [2.24, 2.45) is 7.05 Å². The van der Waals surface area contributed by atoms with Gasteiger partial charge in [-0.25, -0.2) is 0 Å². The first-order valence-corrected chi connectivity index (χ1v) is 10.6. The minimum absolute atomic E-state index is 0.00761. The number of amides is 2. The second-order valence-corrected chi connectivity index (χ2v) is 8.12. The number of pyridine rings is 1. The molecule has 2 N–H and O–H groups in total. The lowest BCUT2D eigenvalue weighted by Crippen LogP contribution is -2.44. The fourth-order valence-corrected chi connectivity index (χ4v) is 4.30. The predicted octanol–water partition coefficient (Wildman–Crippen LogP) is 2.28. The van der Waals surface area contributed by atoms with Crippen molar-refractivity contribution < 1.29 is 9.59 Å². The van der Waals surface area contributed by atoms with Crippen LogP contribution in [-0.2, 0) is 36.1 Å². The van der Waals surface area contributed by atoms with Gasteiger partial charge in [0.2, 0.25) is 11.8 Å². The molecule has 162 valence electrons. The van der Waals surface area contributed by atoms with Gasteiger partial charge in [-0.05, 0) is 23.8 Å². The summed E-state index contributed by atoms with van der Waals surface area (Å²) in [6.45, 7) is 1.09. The van der Waals surface area contributed by atoms with Crippen LogP contribution >= 0.6 is 0 Å². The maximum absolute atomic E-state index is 13.2. The number of aromatic amines is 1. The van der Waals surface area contributed by atoms with Crippen molar-refractivity contribution in [3.8, 4) is 0 Å². The number of hydrogen-bond acceptors (Lipinski definition) is 4. The van der Waals surface area contributed by atoms with Gasteiger partial charge in [-0.1, -0.05) is 24.3 Å². The number of fused-ring (bicyclic) bond motifs is 2. The summed E-state index contributed by atoms with van der Waals surface area (Å²) in [4.78, 5) is 35.5. The molecular weight excluding hydrogens is 404 g/mol. The average Bonchev–Trinajstić information content (AvgIpc) is 3.40. The van der Waals surface area contributed by atoms with Gasteiger partial charge in [0, 0.05) is 55.2 Å². The van der Waals surface area contributed by atoms with E-state index in [1.165, 1.54) is 0 Å². The van der Waals surface area contributed by atoms with Crippen molar-refractivity contribution in [2.45, 2.75) is 25.4 Å². The molecule has 0 unspecified atom stereocenters. The van der Waals surface area contributed by atoms with Gasteiger partial charge in [0.15, 0.2) is 0 Å². The normalized spacial score (nSPS) is 15.5. The molecule has 4 heterocycles. The minimum atomic E-state index is -0.518. The van der Waals surface area contributed by atoms with Gasteiger partial charge >= 0.3 is 0 Å². The molecule has 1 atom stereocenters. The fourth-order valence-electron chi connectivity index (χ4n) is 4.30. The molecule has 32 heavy (non-hydrogen) atoms. The lowest BCUT2D eigenvalue weighted by molar-refractivity contribution is -0.133. The smallest absolute Gasteiger partial charge is 0.231 e. The second kappa shape index (κ2) is 8.30. The number of benzene rings is 1. The summed E-state index contributed by atoms with van der Waals surface area (Å²) >= 11 is 0. The van der Waals surface area contributed by atoms with Gasteiger partial charge in [0.05, 0.1) is 30.3 Å². The number of carbonyl (C=O) groups is 2. The first-order valence-electron chi connectivity index (χ1n) is 10.6. The van der Waals surface area contributed by atoms with E-state index in [4.69, 9.17) is 0 Å². The molecule has 4 aromatic rings. The largest absolute Gasteiger partial charge is 0.361 e. The van der Waals surface area contributed by atoms with E-state index in [-0.39, 0.29) is 18.2 Å². The number of aromatic nitrogens is 4. The van der Waals surface area contributed by atoms with Crippen molar-refractivity contribution in [1.29, 1.82) is 0 Å². The molecule has 0 saturated carbocycles. The fraction of sp³-hybridized carbons (Fsp3) is 0.250. The third-order valence-corrected chi connectivity index (χ3v) is 5.89. The van der Waals surface area contributed by atoms with E-state index in [1.54, 1.807) is 15.8 Å². The summed E-state index contributed by atoms with van der Waals surface area (Å²) in [5.41, 5.74) is 4.39. The maximum Gasteiger partial charge on any atom is 0.231 e. The van der Waals surface area contributed by atoms with E-state index >= 15 is 0 Å². The Balaban J connectivity index is 1.34. The Morgan fingerprint density at radius 3 is 2.88 bits per heavy atom. The van der Waals surface area contributed by atoms with Crippen LogP contribution in [0.15, 0.2) is 61.1 Å². The Morgan fingerprint density at radius 2 is 2.03 bits per heavy atom. The summed E-state index contributed by atoms with van der Waals surface area (Å²) in [6, 6.07) is 13.5. The van der Waals surface area contributed by atoms with Crippen molar-refractivity contribution in [1.82, 2.24) is 30.0 Å². The molecule has 8 nitrogen and oxygen atoms in total. The number of rotatable bonds is 5. The molecule has 8 heteroatoms. The quantitative estimate of drug-likeness (QED) is 0.510. The van der Waals surface area contributed by atoms with E-state index in [1.807, 2.05) is 61.9 Å². The zero-order valence-electron chi connectivity index (χ0n) is 17.8. The van der Waals surface area contributed by atoms with Gasteiger partial charge in [0.1, 0.15) is 0 Å². The van der Waals surface area contributed by atoms with Gasteiger partial charge in [-0.15, -0.1) is 0 Å². The van der Waals surface area contributed by atoms with Crippen LogP contribution in [0.2, 0.25) is 0 Å². The standard InChI is InChI=1S/C24H24N6O2/c1-29-13-17-14-30(22(31)10-16-11-26-21-8-3-2-7-19(16)21)15-20(23(17)28-29)24(32)27-12-18-6-4-5-9-25-18/h2-9,11,13,20,26H,10,12,14-15H2,1H3,(H,27,32)/t20-/m1/s1. The molecule has 2 amide bonds. The molecular formula is C24H24N6O2. The first-order chi connectivity index (χ1) is 15.6. The first kappa shape index (κ1) is 20.0. The summed E-state index contributed by atoms with van der Waals surface area (Å²) in [5.74, 6) is -0.678. The van der Waals surface area contributed by atoms with E-state index in [9.17, 15) is 9.59 Å². The highest BCUT2D eigenvalue weighted by atomic mass is 16.2. The molecule has 1 aliphatic rings. The van der Waals surface area contributed by atoms with Crippen molar-refractivity contribution >= 4 is 22.7 Å². The molecule has 5 rings (SSSR count). The van der Waals surface area contributed by atoms with Gasteiger partial charge in [-0.2, -0.15) is 5.10 Å². The van der Waals surface area contributed by atoms with E-state index in [2.05, 4.69) is 20.4 Å². The Kier molecular flexibility index (Phi) is 5.18. The summed E-state index contributed by atoms with van der Waals surface area (Å²) in [5, 5.41) is 8.52. The summed E-state index contributed by atoms with van der Waals surface area (Å²) in [6.07, 6.45) is 5.75. The third-order valence-electron chi connectivity index (χ3n) is 5.89. The Morgan fingerprint density at radius 1 is 1.19 bits per heavy atom. The SMILES string of the molecule is Cn1cc2c(n1)[C@H](C(=O)NCc1ccccn1)CN(C(=O)Cc1c[nH]c3ccccc13)C2. The Hall–Kier alpha value is -3.94. The average molecular weight is 428 g/mol. The molecule has 0 bridgehead atoms. The van der Waals surface area contributed by atoms with Gasteiger partial charge in [-0.3, -0.25) is 19.3 Å². The lowest BCUT2D eigenvalue weighted by atomic mass is 9.95. The van der Waals surface area contributed by atoms with Gasteiger partial charge < -0.3 is 15.2 Å². The number of aryl methyl sites for hydroxylation is 1. The molecule has 1 aliphatic heterocycles. The molecule has 1 aromatic carbocycles. The van der Waals surface area contributed by atoms with Crippen LogP contribution in [0.4, 0.5) is 0 Å². The lowest BCUT2D eigenvalue weighted by Gasteiger charge is -2.31. The topological polar surface area (TPSA) is 95.9 Å². The van der Waals surface area contributed by atoms with Crippen LogP contribution in [0.5, 0.6) is 0 Å². The van der Waals surface area contributed by atoms with E-state index in [0.717, 1.165) is 33.4 Å². The van der Waals surface area contributed by atoms with Crippen LogP contribution in [0.25, 0.3) is 10.9 Å². The van der Waals surface area contributed by atoms with Crippen LogP contribution in [0, 0.1) is 0 Å². The second-order valence-electron chi connectivity index (χ2n) is 8.12. The van der Waals surface area contributed by atoms with E-state index in [0.29, 0.717) is 19.6 Å². The Bertz CT molecular complexity index is 1280. The molecule has 3 aromatic heterocycles. The molecule has 0 saturated heterocycles. The number of H-pyrrole nitrogens is 1. The number of hydrogen-bond donors (Lipinski definition) is 2.